The quantitative estimate of drug-likeness (QED) is 0.576. The van der Waals surface area contributed by atoms with Gasteiger partial charge in [0.2, 0.25) is 5.91 Å². The molecule has 2 aromatic carbocycles. The van der Waals surface area contributed by atoms with E-state index < -0.39 is 23.3 Å². The minimum Gasteiger partial charge on any atom is -0.408 e. The van der Waals surface area contributed by atoms with Crippen LogP contribution in [0.1, 0.15) is 23.2 Å². The highest BCUT2D eigenvalue weighted by molar-refractivity contribution is 5.94. The topological polar surface area (TPSA) is 104 Å². The number of hydrogen-bond acceptors (Lipinski definition) is 4. The minimum absolute atomic E-state index is 0.117. The zero-order chi connectivity index (χ0) is 19.4. The van der Waals surface area contributed by atoms with E-state index in [4.69, 9.17) is 4.42 Å². The molecule has 0 saturated carbocycles. The van der Waals surface area contributed by atoms with Gasteiger partial charge in [-0.25, -0.2) is 13.6 Å². The lowest BCUT2D eigenvalue weighted by Gasteiger charge is -2.07. The number of hydrogen-bond donors (Lipinski definition) is 3. The normalized spacial score (nSPS) is 10.7. The Morgan fingerprint density at radius 3 is 2.70 bits per heavy atom. The molecule has 9 heteroatoms. The van der Waals surface area contributed by atoms with Crippen molar-refractivity contribution in [3.8, 4) is 0 Å². The fourth-order valence-corrected chi connectivity index (χ4v) is 2.47. The third kappa shape index (κ3) is 4.57. The van der Waals surface area contributed by atoms with Crippen LogP contribution < -0.4 is 16.4 Å². The maximum absolute atomic E-state index is 13.5. The van der Waals surface area contributed by atoms with Gasteiger partial charge >= 0.3 is 5.76 Å². The number of aromatic amines is 1. The average Bonchev–Trinajstić information content (AvgIpc) is 2.98. The number of oxazole rings is 1. The number of fused-ring (bicyclic) bond motifs is 1. The van der Waals surface area contributed by atoms with Crippen LogP contribution in [0.5, 0.6) is 0 Å². The van der Waals surface area contributed by atoms with E-state index in [0.29, 0.717) is 29.3 Å². The van der Waals surface area contributed by atoms with Crippen molar-refractivity contribution in [1.82, 2.24) is 10.3 Å². The summed E-state index contributed by atoms with van der Waals surface area (Å²) in [5.74, 6) is -3.26. The van der Waals surface area contributed by atoms with Crippen LogP contribution in [0.15, 0.2) is 45.6 Å². The fraction of sp³-hybridized carbons (Fsp3) is 0.167. The molecule has 0 saturated heterocycles. The standard InChI is InChI=1S/C18H15F2N3O4/c19-10-3-5-12(13(20)8-10)17(25)21-7-1-2-16(24)22-11-4-6-15-14(9-11)23-18(26)27-15/h3-6,8-9H,1-2,7H2,(H,21,25)(H,22,24)(H,23,26). The third-order valence-electron chi connectivity index (χ3n) is 3.74. The largest absolute Gasteiger partial charge is 0.417 e. The first-order valence-corrected chi connectivity index (χ1v) is 8.08. The number of amides is 2. The summed E-state index contributed by atoms with van der Waals surface area (Å²) >= 11 is 0. The Hall–Kier alpha value is -3.49. The van der Waals surface area contributed by atoms with Crippen molar-refractivity contribution in [3.63, 3.8) is 0 Å². The molecule has 0 atom stereocenters. The molecule has 0 aliphatic carbocycles. The second-order valence-electron chi connectivity index (χ2n) is 5.76. The van der Waals surface area contributed by atoms with E-state index in [1.54, 1.807) is 18.2 Å². The number of halogens is 2. The second-order valence-corrected chi connectivity index (χ2v) is 5.76. The van der Waals surface area contributed by atoms with Crippen molar-refractivity contribution in [1.29, 1.82) is 0 Å². The zero-order valence-corrected chi connectivity index (χ0v) is 14.0. The molecule has 0 unspecified atom stereocenters. The first-order valence-electron chi connectivity index (χ1n) is 8.08. The molecule has 7 nitrogen and oxygen atoms in total. The Kier molecular flexibility index (Phi) is 5.30. The van der Waals surface area contributed by atoms with Crippen molar-refractivity contribution in [2.75, 3.05) is 11.9 Å². The lowest BCUT2D eigenvalue weighted by atomic mass is 10.2. The molecule has 3 aromatic rings. The Morgan fingerprint density at radius 2 is 1.93 bits per heavy atom. The van der Waals surface area contributed by atoms with Crippen LogP contribution in [0, 0.1) is 11.6 Å². The maximum atomic E-state index is 13.5. The Balaban J connectivity index is 1.46. The number of benzene rings is 2. The van der Waals surface area contributed by atoms with E-state index >= 15 is 0 Å². The van der Waals surface area contributed by atoms with Gasteiger partial charge in [-0.2, -0.15) is 0 Å². The molecule has 0 fully saturated rings. The Labute approximate surface area is 151 Å². The van der Waals surface area contributed by atoms with E-state index in [-0.39, 0.29) is 24.4 Å². The van der Waals surface area contributed by atoms with Gasteiger partial charge in [0.15, 0.2) is 5.58 Å². The summed E-state index contributed by atoms with van der Waals surface area (Å²) in [6.45, 7) is 0.150. The molecule has 2 amide bonds. The van der Waals surface area contributed by atoms with E-state index in [1.165, 1.54) is 0 Å². The van der Waals surface area contributed by atoms with Crippen molar-refractivity contribution < 1.29 is 22.8 Å². The lowest BCUT2D eigenvalue weighted by Crippen LogP contribution is -2.26. The monoisotopic (exact) mass is 375 g/mol. The average molecular weight is 375 g/mol. The fourth-order valence-electron chi connectivity index (χ4n) is 2.47. The highest BCUT2D eigenvalue weighted by Gasteiger charge is 2.12. The molecule has 0 aliphatic rings. The Morgan fingerprint density at radius 1 is 1.11 bits per heavy atom. The first-order chi connectivity index (χ1) is 12.9. The SMILES string of the molecule is O=C(CCCNC(=O)c1ccc(F)cc1F)Nc1ccc2oc(=O)[nH]c2c1. The van der Waals surface area contributed by atoms with Gasteiger partial charge in [0.05, 0.1) is 11.1 Å². The van der Waals surface area contributed by atoms with Crippen LogP contribution in [0.2, 0.25) is 0 Å². The maximum Gasteiger partial charge on any atom is 0.417 e. The van der Waals surface area contributed by atoms with Crippen molar-refractivity contribution in [3.05, 3.63) is 64.1 Å². The number of rotatable bonds is 6. The van der Waals surface area contributed by atoms with Gasteiger partial charge in [-0.05, 0) is 36.8 Å². The van der Waals surface area contributed by atoms with Gasteiger partial charge in [0.25, 0.3) is 5.91 Å². The van der Waals surface area contributed by atoms with Crippen LogP contribution >= 0.6 is 0 Å². The predicted octanol–water partition coefficient (Wildman–Crippen LogP) is 2.55. The summed E-state index contributed by atoms with van der Waals surface area (Å²) in [6.07, 6.45) is 0.442. The minimum atomic E-state index is -0.946. The molecular weight excluding hydrogens is 360 g/mol. The predicted molar refractivity (Wildman–Crippen MR) is 93.4 cm³/mol. The van der Waals surface area contributed by atoms with E-state index in [0.717, 1.165) is 12.1 Å². The summed E-state index contributed by atoms with van der Waals surface area (Å²) in [6, 6.07) is 7.40. The van der Waals surface area contributed by atoms with Crippen molar-refractivity contribution in [2.24, 2.45) is 0 Å². The highest BCUT2D eigenvalue weighted by atomic mass is 19.1. The van der Waals surface area contributed by atoms with Gasteiger partial charge in [-0.15, -0.1) is 0 Å². The molecule has 140 valence electrons. The van der Waals surface area contributed by atoms with Gasteiger partial charge in [0, 0.05) is 24.7 Å². The van der Waals surface area contributed by atoms with Gasteiger partial charge in [0.1, 0.15) is 11.6 Å². The molecule has 1 aromatic heterocycles. The smallest absolute Gasteiger partial charge is 0.408 e. The van der Waals surface area contributed by atoms with Crippen LogP contribution in [0.4, 0.5) is 14.5 Å². The van der Waals surface area contributed by atoms with Gasteiger partial charge in [-0.1, -0.05) is 0 Å². The Bertz CT molecular complexity index is 1060. The molecule has 3 rings (SSSR count). The number of anilines is 1. The first kappa shape index (κ1) is 18.3. The van der Waals surface area contributed by atoms with Crippen LogP contribution in [-0.2, 0) is 4.79 Å². The summed E-state index contributed by atoms with van der Waals surface area (Å²) < 4.78 is 31.2. The van der Waals surface area contributed by atoms with Crippen molar-refractivity contribution in [2.45, 2.75) is 12.8 Å². The van der Waals surface area contributed by atoms with Gasteiger partial charge < -0.3 is 15.1 Å². The molecule has 3 N–H and O–H groups in total. The van der Waals surface area contributed by atoms with Crippen molar-refractivity contribution >= 4 is 28.6 Å². The third-order valence-corrected chi connectivity index (χ3v) is 3.74. The van der Waals surface area contributed by atoms with Crippen LogP contribution in [0.3, 0.4) is 0 Å². The molecule has 0 spiro atoms. The van der Waals surface area contributed by atoms with E-state index in [1.807, 2.05) is 0 Å². The van der Waals surface area contributed by atoms with E-state index in [9.17, 15) is 23.2 Å². The molecular formula is C18H15F2N3O4. The molecule has 0 radical (unpaired) electrons. The van der Waals surface area contributed by atoms with Gasteiger partial charge in [-0.3, -0.25) is 14.6 Å². The van der Waals surface area contributed by atoms with Crippen LogP contribution in [0.25, 0.3) is 11.1 Å². The summed E-state index contributed by atoms with van der Waals surface area (Å²) in [5.41, 5.74) is 1.07. The summed E-state index contributed by atoms with van der Waals surface area (Å²) in [7, 11) is 0. The number of nitrogens with one attached hydrogen (secondary N) is 3. The second kappa shape index (κ2) is 7.81. The molecule has 0 bridgehead atoms. The number of H-pyrrole nitrogens is 1. The van der Waals surface area contributed by atoms with Crippen LogP contribution in [-0.4, -0.2) is 23.3 Å². The summed E-state index contributed by atoms with van der Waals surface area (Å²) in [5, 5.41) is 5.13. The summed E-state index contributed by atoms with van der Waals surface area (Å²) in [4.78, 5) is 37.4. The number of carbonyl (C=O) groups is 2. The molecule has 0 aliphatic heterocycles. The number of carbonyl (C=O) groups excluding carboxylic acids is 2. The lowest BCUT2D eigenvalue weighted by molar-refractivity contribution is -0.116. The highest BCUT2D eigenvalue weighted by Crippen LogP contribution is 2.16. The molecule has 27 heavy (non-hydrogen) atoms. The molecule has 1 heterocycles. The number of aromatic nitrogens is 1. The van der Waals surface area contributed by atoms with E-state index in [2.05, 4.69) is 15.6 Å². The zero-order valence-electron chi connectivity index (χ0n) is 14.0.